The molecule has 2 nitrogen and oxygen atoms in total. The summed E-state index contributed by atoms with van der Waals surface area (Å²) < 4.78 is 6.06. The molecule has 0 aliphatic heterocycles. The lowest BCUT2D eigenvalue weighted by atomic mass is 10.0. The maximum Gasteiger partial charge on any atom is 0.119 e. The molecule has 1 N–H and O–H groups in total. The van der Waals surface area contributed by atoms with Crippen molar-refractivity contribution < 1.29 is 4.74 Å². The van der Waals surface area contributed by atoms with Gasteiger partial charge >= 0.3 is 0 Å². The number of nitrogens with one attached hydrogen (secondary N) is 1. The van der Waals surface area contributed by atoms with Gasteiger partial charge in [-0.1, -0.05) is 48.9 Å². The van der Waals surface area contributed by atoms with Crippen molar-refractivity contribution in [2.24, 2.45) is 0 Å². The molecule has 0 heterocycles. The van der Waals surface area contributed by atoms with Gasteiger partial charge in [0.05, 0.1) is 6.04 Å². The highest BCUT2D eigenvalue weighted by molar-refractivity contribution is 6.30. The molecule has 0 aromatic heterocycles. The molecule has 0 radical (unpaired) electrons. The first-order valence-corrected chi connectivity index (χ1v) is 7.79. The fraction of sp³-hybridized carbons (Fsp3) is 0.333. The van der Waals surface area contributed by atoms with Gasteiger partial charge < -0.3 is 10.1 Å². The van der Waals surface area contributed by atoms with Crippen LogP contribution in [0, 0.1) is 0 Å². The van der Waals surface area contributed by atoms with Gasteiger partial charge in [-0.15, -0.1) is 0 Å². The molecule has 0 saturated carbocycles. The quantitative estimate of drug-likeness (QED) is 0.789. The highest BCUT2D eigenvalue weighted by Gasteiger charge is 2.20. The molecule has 2 atom stereocenters. The Morgan fingerprint density at radius 1 is 1.05 bits per heavy atom. The van der Waals surface area contributed by atoms with Gasteiger partial charge in [-0.3, -0.25) is 0 Å². The lowest BCUT2D eigenvalue weighted by Crippen LogP contribution is -2.34. The van der Waals surface area contributed by atoms with Crippen LogP contribution in [0.4, 0.5) is 0 Å². The second kappa shape index (κ2) is 8.06. The minimum absolute atomic E-state index is 0.0279. The Hall–Kier alpha value is -1.51. The third-order valence-corrected chi connectivity index (χ3v) is 3.63. The van der Waals surface area contributed by atoms with E-state index < -0.39 is 0 Å². The number of ether oxygens (including phenoxy) is 1. The Bertz CT molecular complexity index is 527. The van der Waals surface area contributed by atoms with Gasteiger partial charge in [0, 0.05) is 5.02 Å². The first-order chi connectivity index (χ1) is 10.2. The molecule has 112 valence electrons. The molecule has 21 heavy (non-hydrogen) atoms. The van der Waals surface area contributed by atoms with Crippen LogP contribution in [0.3, 0.4) is 0 Å². The van der Waals surface area contributed by atoms with Gasteiger partial charge in [0.15, 0.2) is 0 Å². The topological polar surface area (TPSA) is 21.3 Å². The predicted molar refractivity (Wildman–Crippen MR) is 89.0 cm³/mol. The van der Waals surface area contributed by atoms with Crippen LogP contribution in [0.15, 0.2) is 54.6 Å². The van der Waals surface area contributed by atoms with Crippen LogP contribution in [0.1, 0.15) is 31.9 Å². The summed E-state index contributed by atoms with van der Waals surface area (Å²) in [6.45, 7) is 5.22. The van der Waals surface area contributed by atoms with E-state index in [1.54, 1.807) is 0 Å². The van der Waals surface area contributed by atoms with Crippen LogP contribution in [-0.4, -0.2) is 12.6 Å². The molecule has 0 fully saturated rings. The summed E-state index contributed by atoms with van der Waals surface area (Å²) in [6, 6.07) is 18.1. The van der Waals surface area contributed by atoms with Crippen molar-refractivity contribution in [3.05, 3.63) is 65.2 Å². The number of hydrogen-bond acceptors (Lipinski definition) is 2. The molecular formula is C18H22ClNO. The van der Waals surface area contributed by atoms with Crippen LogP contribution in [0.25, 0.3) is 0 Å². The van der Waals surface area contributed by atoms with E-state index in [0.717, 1.165) is 23.7 Å². The van der Waals surface area contributed by atoms with Crippen molar-refractivity contribution in [3.63, 3.8) is 0 Å². The largest absolute Gasteiger partial charge is 0.489 e. The van der Waals surface area contributed by atoms with Gasteiger partial charge in [0.2, 0.25) is 0 Å². The van der Waals surface area contributed by atoms with E-state index >= 15 is 0 Å². The van der Waals surface area contributed by atoms with Crippen molar-refractivity contribution in [2.45, 2.75) is 32.4 Å². The minimum atomic E-state index is 0.0279. The fourth-order valence-corrected chi connectivity index (χ4v) is 2.44. The Labute approximate surface area is 132 Å². The number of hydrogen-bond donors (Lipinski definition) is 1. The van der Waals surface area contributed by atoms with Crippen LogP contribution >= 0.6 is 11.6 Å². The number of rotatable bonds is 7. The van der Waals surface area contributed by atoms with E-state index in [4.69, 9.17) is 16.3 Å². The van der Waals surface area contributed by atoms with E-state index in [-0.39, 0.29) is 12.1 Å². The maximum absolute atomic E-state index is 6.06. The lowest BCUT2D eigenvalue weighted by molar-refractivity contribution is 0.170. The van der Waals surface area contributed by atoms with E-state index in [2.05, 4.69) is 43.4 Å². The van der Waals surface area contributed by atoms with Crippen LogP contribution in [-0.2, 0) is 0 Å². The molecule has 0 saturated heterocycles. The lowest BCUT2D eigenvalue weighted by Gasteiger charge is -2.26. The first-order valence-electron chi connectivity index (χ1n) is 7.41. The predicted octanol–water partition coefficient (Wildman–Crippen LogP) is 4.85. The molecule has 2 rings (SSSR count). The maximum atomic E-state index is 6.06. The summed E-state index contributed by atoms with van der Waals surface area (Å²) in [4.78, 5) is 0. The average Bonchev–Trinajstić information content (AvgIpc) is 2.51. The Morgan fingerprint density at radius 2 is 1.71 bits per heavy atom. The molecule has 0 spiro atoms. The molecule has 2 unspecified atom stereocenters. The molecule has 0 amide bonds. The fourth-order valence-electron chi connectivity index (χ4n) is 2.31. The zero-order chi connectivity index (χ0) is 15.1. The summed E-state index contributed by atoms with van der Waals surface area (Å²) in [7, 11) is 0. The monoisotopic (exact) mass is 303 g/mol. The van der Waals surface area contributed by atoms with Gasteiger partial charge in [-0.25, -0.2) is 0 Å². The second-order valence-corrected chi connectivity index (χ2v) is 5.56. The van der Waals surface area contributed by atoms with E-state index in [1.165, 1.54) is 5.56 Å². The van der Waals surface area contributed by atoms with Gasteiger partial charge in [0.1, 0.15) is 11.9 Å². The normalized spacial score (nSPS) is 13.7. The minimum Gasteiger partial charge on any atom is -0.489 e. The van der Waals surface area contributed by atoms with Gasteiger partial charge in [-0.05, 0) is 49.7 Å². The Balaban J connectivity index is 2.10. The molecule has 0 bridgehead atoms. The zero-order valence-electron chi connectivity index (χ0n) is 12.6. The highest BCUT2D eigenvalue weighted by Crippen LogP contribution is 2.23. The van der Waals surface area contributed by atoms with Crippen LogP contribution in [0.2, 0.25) is 5.02 Å². The van der Waals surface area contributed by atoms with E-state index in [9.17, 15) is 0 Å². The third kappa shape index (κ3) is 4.76. The standard InChI is InChI=1S/C18H22ClNO/c1-3-13-20-18(15-7-5-4-6-8-15)14(2)21-17-11-9-16(19)10-12-17/h4-12,14,18,20H,3,13H2,1-2H3. The smallest absolute Gasteiger partial charge is 0.119 e. The summed E-state index contributed by atoms with van der Waals surface area (Å²) in [5, 5.41) is 4.29. The summed E-state index contributed by atoms with van der Waals surface area (Å²) in [5.74, 6) is 0.839. The number of halogens is 1. The second-order valence-electron chi connectivity index (χ2n) is 5.12. The Morgan fingerprint density at radius 3 is 2.33 bits per heavy atom. The molecule has 2 aromatic carbocycles. The van der Waals surface area contributed by atoms with Crippen molar-refractivity contribution in [3.8, 4) is 5.75 Å². The zero-order valence-corrected chi connectivity index (χ0v) is 13.3. The molecule has 0 aliphatic rings. The van der Waals surface area contributed by atoms with E-state index in [0.29, 0.717) is 0 Å². The molecule has 3 heteroatoms. The third-order valence-electron chi connectivity index (χ3n) is 3.38. The molecular weight excluding hydrogens is 282 g/mol. The van der Waals surface area contributed by atoms with Crippen molar-refractivity contribution in [1.82, 2.24) is 5.32 Å². The number of benzene rings is 2. The summed E-state index contributed by atoms with van der Waals surface area (Å²) in [5.41, 5.74) is 1.24. The van der Waals surface area contributed by atoms with Crippen LogP contribution < -0.4 is 10.1 Å². The molecule has 2 aromatic rings. The highest BCUT2D eigenvalue weighted by atomic mass is 35.5. The summed E-state index contributed by atoms with van der Waals surface area (Å²) in [6.07, 6.45) is 1.12. The summed E-state index contributed by atoms with van der Waals surface area (Å²) >= 11 is 5.91. The van der Waals surface area contributed by atoms with Crippen molar-refractivity contribution in [1.29, 1.82) is 0 Å². The van der Waals surface area contributed by atoms with Gasteiger partial charge in [0.25, 0.3) is 0 Å². The van der Waals surface area contributed by atoms with Crippen LogP contribution in [0.5, 0.6) is 5.75 Å². The van der Waals surface area contributed by atoms with E-state index in [1.807, 2.05) is 30.3 Å². The van der Waals surface area contributed by atoms with Crippen molar-refractivity contribution in [2.75, 3.05) is 6.54 Å². The van der Waals surface area contributed by atoms with Gasteiger partial charge in [-0.2, -0.15) is 0 Å². The molecule has 0 aliphatic carbocycles. The first kappa shape index (κ1) is 15.9. The Kier molecular flexibility index (Phi) is 6.09. The SMILES string of the molecule is CCCNC(c1ccccc1)C(C)Oc1ccc(Cl)cc1. The average molecular weight is 304 g/mol. The van der Waals surface area contributed by atoms with Crippen molar-refractivity contribution >= 4 is 11.6 Å².